The number of carbonyl (C=O) groups excluding carboxylic acids is 1. The fourth-order valence-corrected chi connectivity index (χ4v) is 2.04. The summed E-state index contributed by atoms with van der Waals surface area (Å²) in [5.41, 5.74) is 3.32. The van der Waals surface area contributed by atoms with Crippen molar-refractivity contribution in [3.05, 3.63) is 47.8 Å². The van der Waals surface area contributed by atoms with Crippen LogP contribution in [0.25, 0.3) is 0 Å². The molecule has 0 unspecified atom stereocenters. The van der Waals surface area contributed by atoms with Crippen molar-refractivity contribution >= 4 is 11.6 Å². The van der Waals surface area contributed by atoms with Crippen LogP contribution in [0.2, 0.25) is 0 Å². The van der Waals surface area contributed by atoms with E-state index in [4.69, 9.17) is 0 Å². The zero-order valence-corrected chi connectivity index (χ0v) is 12.8. The van der Waals surface area contributed by atoms with Crippen LogP contribution in [0.4, 0.5) is 5.69 Å². The van der Waals surface area contributed by atoms with E-state index < -0.39 is 0 Å². The van der Waals surface area contributed by atoms with Gasteiger partial charge in [0.2, 0.25) is 5.91 Å². The van der Waals surface area contributed by atoms with E-state index in [0.717, 1.165) is 29.9 Å². The smallest absolute Gasteiger partial charge is 0.219 e. The Labute approximate surface area is 125 Å². The summed E-state index contributed by atoms with van der Waals surface area (Å²) in [6.07, 6.45) is 3.92. The highest BCUT2D eigenvalue weighted by Gasteiger charge is 2.04. The van der Waals surface area contributed by atoms with E-state index in [1.807, 2.05) is 42.3 Å². The van der Waals surface area contributed by atoms with Gasteiger partial charge in [-0.05, 0) is 24.6 Å². The second kappa shape index (κ2) is 6.92. The Balaban J connectivity index is 1.95. The van der Waals surface area contributed by atoms with Crippen molar-refractivity contribution < 1.29 is 4.79 Å². The molecule has 21 heavy (non-hydrogen) atoms. The third-order valence-corrected chi connectivity index (χ3v) is 3.39. The van der Waals surface area contributed by atoms with Crippen LogP contribution in [-0.4, -0.2) is 27.6 Å². The van der Waals surface area contributed by atoms with E-state index in [-0.39, 0.29) is 5.91 Å². The van der Waals surface area contributed by atoms with Crippen molar-refractivity contribution in [1.82, 2.24) is 14.7 Å². The van der Waals surface area contributed by atoms with Crippen LogP contribution in [0, 0.1) is 0 Å². The van der Waals surface area contributed by atoms with Crippen LogP contribution in [-0.2, 0) is 24.4 Å². The number of rotatable bonds is 6. The topological polar surface area (TPSA) is 50.2 Å². The van der Waals surface area contributed by atoms with Crippen molar-refractivity contribution in [3.63, 3.8) is 0 Å². The van der Waals surface area contributed by atoms with Crippen LogP contribution in [0.5, 0.6) is 0 Å². The maximum atomic E-state index is 11.3. The second-order valence-electron chi connectivity index (χ2n) is 5.13. The van der Waals surface area contributed by atoms with Crippen LogP contribution >= 0.6 is 0 Å². The lowest BCUT2D eigenvalue weighted by atomic mass is 10.2. The minimum Gasteiger partial charge on any atom is -0.381 e. The molecule has 1 heterocycles. The van der Waals surface area contributed by atoms with Gasteiger partial charge in [0.1, 0.15) is 0 Å². The standard InChI is InChI=1S/C16H22N4O/c1-4-20-12-15(10-18-20)9-17-16-7-5-6-14(8-16)11-19(3)13(2)21/h5-8,10,12,17H,4,9,11H2,1-3H3. The highest BCUT2D eigenvalue weighted by atomic mass is 16.2. The average Bonchev–Trinajstić information content (AvgIpc) is 2.93. The predicted octanol–water partition coefficient (Wildman–Crippen LogP) is 2.49. The van der Waals surface area contributed by atoms with E-state index in [0.29, 0.717) is 6.54 Å². The number of amides is 1. The summed E-state index contributed by atoms with van der Waals surface area (Å²) in [6, 6.07) is 8.13. The average molecular weight is 286 g/mol. The summed E-state index contributed by atoms with van der Waals surface area (Å²) in [6.45, 7) is 5.89. The summed E-state index contributed by atoms with van der Waals surface area (Å²) in [7, 11) is 1.81. The highest BCUT2D eigenvalue weighted by molar-refractivity contribution is 5.72. The molecule has 0 bridgehead atoms. The molecule has 1 amide bonds. The number of aryl methyl sites for hydroxylation is 1. The van der Waals surface area contributed by atoms with Gasteiger partial charge < -0.3 is 10.2 Å². The van der Waals surface area contributed by atoms with E-state index >= 15 is 0 Å². The molecule has 1 N–H and O–H groups in total. The van der Waals surface area contributed by atoms with Crippen molar-refractivity contribution in [2.45, 2.75) is 33.5 Å². The second-order valence-corrected chi connectivity index (χ2v) is 5.13. The van der Waals surface area contributed by atoms with Crippen molar-refractivity contribution in [2.24, 2.45) is 0 Å². The molecule has 1 aromatic carbocycles. The third kappa shape index (κ3) is 4.34. The van der Waals surface area contributed by atoms with Crippen molar-refractivity contribution in [1.29, 1.82) is 0 Å². The molecular weight excluding hydrogens is 264 g/mol. The van der Waals surface area contributed by atoms with E-state index in [2.05, 4.69) is 23.4 Å². The van der Waals surface area contributed by atoms with Gasteiger partial charge in [-0.2, -0.15) is 5.10 Å². The Morgan fingerprint density at radius 2 is 2.19 bits per heavy atom. The predicted molar refractivity (Wildman–Crippen MR) is 83.8 cm³/mol. The molecule has 0 fully saturated rings. The number of anilines is 1. The van der Waals surface area contributed by atoms with E-state index in [9.17, 15) is 4.79 Å². The summed E-state index contributed by atoms with van der Waals surface area (Å²) in [5, 5.41) is 7.64. The van der Waals surface area contributed by atoms with Gasteiger partial charge in [-0.25, -0.2) is 0 Å². The molecule has 0 saturated heterocycles. The lowest BCUT2D eigenvalue weighted by Gasteiger charge is -2.15. The van der Waals surface area contributed by atoms with Crippen molar-refractivity contribution in [2.75, 3.05) is 12.4 Å². The number of hydrogen-bond donors (Lipinski definition) is 1. The lowest BCUT2D eigenvalue weighted by Crippen LogP contribution is -2.22. The van der Waals surface area contributed by atoms with Crippen LogP contribution in [0.1, 0.15) is 25.0 Å². The van der Waals surface area contributed by atoms with Crippen LogP contribution < -0.4 is 5.32 Å². The normalized spacial score (nSPS) is 10.4. The van der Waals surface area contributed by atoms with Gasteiger partial charge in [0.05, 0.1) is 6.20 Å². The Morgan fingerprint density at radius 3 is 2.86 bits per heavy atom. The maximum absolute atomic E-state index is 11.3. The van der Waals surface area contributed by atoms with E-state index in [1.54, 1.807) is 11.8 Å². The quantitative estimate of drug-likeness (QED) is 0.887. The molecule has 5 heteroatoms. The van der Waals surface area contributed by atoms with Gasteiger partial charge in [0, 0.05) is 51.1 Å². The first-order valence-corrected chi connectivity index (χ1v) is 7.14. The molecule has 5 nitrogen and oxygen atoms in total. The van der Waals surface area contributed by atoms with Gasteiger partial charge in [-0.15, -0.1) is 0 Å². The molecule has 0 spiro atoms. The number of hydrogen-bond acceptors (Lipinski definition) is 3. The molecule has 0 aliphatic carbocycles. The summed E-state index contributed by atoms with van der Waals surface area (Å²) >= 11 is 0. The first-order chi connectivity index (χ1) is 10.1. The Hall–Kier alpha value is -2.30. The number of aromatic nitrogens is 2. The highest BCUT2D eigenvalue weighted by Crippen LogP contribution is 2.13. The molecule has 112 valence electrons. The first kappa shape index (κ1) is 15.1. The Kier molecular flexibility index (Phi) is 4.98. The van der Waals surface area contributed by atoms with E-state index in [1.165, 1.54) is 0 Å². The zero-order chi connectivity index (χ0) is 15.2. The number of nitrogens with one attached hydrogen (secondary N) is 1. The number of benzene rings is 1. The molecule has 0 radical (unpaired) electrons. The van der Waals surface area contributed by atoms with Gasteiger partial charge in [0.15, 0.2) is 0 Å². The SMILES string of the molecule is CCn1cc(CNc2cccc(CN(C)C(C)=O)c2)cn1. The van der Waals surface area contributed by atoms with Crippen LogP contribution in [0.15, 0.2) is 36.7 Å². The molecule has 0 saturated carbocycles. The molecule has 2 aromatic rings. The molecule has 0 atom stereocenters. The molecular formula is C16H22N4O. The third-order valence-electron chi connectivity index (χ3n) is 3.39. The minimum atomic E-state index is 0.0698. The summed E-state index contributed by atoms with van der Waals surface area (Å²) in [5.74, 6) is 0.0698. The maximum Gasteiger partial charge on any atom is 0.219 e. The molecule has 1 aromatic heterocycles. The minimum absolute atomic E-state index is 0.0698. The zero-order valence-electron chi connectivity index (χ0n) is 12.8. The van der Waals surface area contributed by atoms with Gasteiger partial charge in [0.25, 0.3) is 0 Å². The summed E-state index contributed by atoms with van der Waals surface area (Å²) in [4.78, 5) is 13.0. The number of nitrogens with zero attached hydrogens (tertiary/aromatic N) is 3. The molecule has 2 rings (SSSR count). The van der Waals surface area contributed by atoms with Crippen molar-refractivity contribution in [3.8, 4) is 0 Å². The van der Waals surface area contributed by atoms with Gasteiger partial charge >= 0.3 is 0 Å². The Bertz CT molecular complexity index is 606. The lowest BCUT2D eigenvalue weighted by molar-refractivity contribution is -0.128. The van der Waals surface area contributed by atoms with Gasteiger partial charge in [-0.3, -0.25) is 9.48 Å². The van der Waals surface area contributed by atoms with Crippen LogP contribution in [0.3, 0.4) is 0 Å². The monoisotopic (exact) mass is 286 g/mol. The Morgan fingerprint density at radius 1 is 1.38 bits per heavy atom. The first-order valence-electron chi connectivity index (χ1n) is 7.14. The fourth-order valence-electron chi connectivity index (χ4n) is 2.04. The number of carbonyl (C=O) groups is 1. The molecule has 0 aliphatic rings. The summed E-state index contributed by atoms with van der Waals surface area (Å²) < 4.78 is 1.91. The fraction of sp³-hybridized carbons (Fsp3) is 0.375. The largest absolute Gasteiger partial charge is 0.381 e. The molecule has 0 aliphatic heterocycles. The van der Waals surface area contributed by atoms with Gasteiger partial charge in [-0.1, -0.05) is 12.1 Å².